The number of aromatic nitrogens is 3. The number of likely N-dealkylation sites (N-methyl/N-ethyl adjacent to an activating group) is 1. The molecule has 3 N–H and O–H groups in total. The number of likely N-dealkylation sites (tertiary alicyclic amines) is 2. The molecule has 298 valence electrons. The largest absolute Gasteiger partial charge is 0.453 e. The van der Waals surface area contributed by atoms with Gasteiger partial charge in [0.25, 0.3) is 0 Å². The zero-order valence-corrected chi connectivity index (χ0v) is 33.2. The maximum atomic E-state index is 14.0. The topological polar surface area (TPSA) is 166 Å². The van der Waals surface area contributed by atoms with E-state index in [4.69, 9.17) is 14.1 Å². The molecule has 0 spiro atoms. The Labute approximate surface area is 332 Å². The Morgan fingerprint density at radius 2 is 1.67 bits per heavy atom. The van der Waals surface area contributed by atoms with Gasteiger partial charge >= 0.3 is 6.09 Å². The van der Waals surface area contributed by atoms with Crippen LogP contribution < -0.4 is 10.6 Å². The fourth-order valence-electron chi connectivity index (χ4n) is 7.94. The number of nitrogens with one attached hydrogen (secondary N) is 3. The van der Waals surface area contributed by atoms with E-state index >= 15 is 0 Å². The van der Waals surface area contributed by atoms with Crippen LogP contribution in [0.2, 0.25) is 0 Å². The number of nitrogens with zero attached hydrogens (tertiary/aromatic N) is 5. The van der Waals surface area contributed by atoms with Crippen LogP contribution in [0.1, 0.15) is 68.6 Å². The number of methoxy groups -OCH3 is 1. The zero-order valence-electron chi connectivity index (χ0n) is 33.2. The molecule has 0 bridgehead atoms. The molecule has 3 aromatic carbocycles. The van der Waals surface area contributed by atoms with Crippen molar-refractivity contribution < 1.29 is 28.3 Å². The molecule has 4 unspecified atom stereocenters. The molecule has 14 heteroatoms. The Morgan fingerprint density at radius 3 is 2.40 bits per heavy atom. The van der Waals surface area contributed by atoms with Gasteiger partial charge < -0.3 is 34.6 Å². The first-order valence-electron chi connectivity index (χ1n) is 19.5. The number of amides is 4. The number of aromatic amines is 1. The molecule has 4 amide bonds. The van der Waals surface area contributed by atoms with Gasteiger partial charge in [-0.25, -0.2) is 14.8 Å². The second-order valence-electron chi connectivity index (χ2n) is 15.4. The molecule has 57 heavy (non-hydrogen) atoms. The third kappa shape index (κ3) is 8.13. The first-order chi connectivity index (χ1) is 27.4. The van der Waals surface area contributed by atoms with Crippen molar-refractivity contribution >= 4 is 40.5 Å². The summed E-state index contributed by atoms with van der Waals surface area (Å²) in [6, 6.07) is 19.2. The molecule has 7 rings (SSSR count). The van der Waals surface area contributed by atoms with Crippen molar-refractivity contribution in [2.75, 3.05) is 39.6 Å². The first kappa shape index (κ1) is 39.2. The van der Waals surface area contributed by atoms with Gasteiger partial charge in [-0.2, -0.15) is 0 Å². The summed E-state index contributed by atoms with van der Waals surface area (Å²) in [5.74, 6) is 0.932. The number of aryl methyl sites for hydroxylation is 1. The number of fused-ring (bicyclic) bond motifs is 1. The quantitative estimate of drug-likeness (QED) is 0.136. The molecule has 2 aliphatic rings. The summed E-state index contributed by atoms with van der Waals surface area (Å²) in [5, 5.41) is 5.65. The number of rotatable bonds is 11. The third-order valence-electron chi connectivity index (χ3n) is 11.0. The highest BCUT2D eigenvalue weighted by atomic mass is 16.5. The molecule has 2 aliphatic heterocycles. The number of anilines is 1. The minimum absolute atomic E-state index is 0.0586. The number of hydrogen-bond acceptors (Lipinski definition) is 9. The Hall–Kier alpha value is -6.02. The van der Waals surface area contributed by atoms with Gasteiger partial charge in [-0.3, -0.25) is 19.3 Å². The number of oxazole rings is 1. The van der Waals surface area contributed by atoms with Gasteiger partial charge in [0.15, 0.2) is 5.76 Å². The van der Waals surface area contributed by atoms with Crippen molar-refractivity contribution in [1.82, 2.24) is 35.0 Å². The lowest BCUT2D eigenvalue weighted by molar-refractivity contribution is -0.139. The summed E-state index contributed by atoms with van der Waals surface area (Å²) in [6.45, 7) is 6.65. The minimum Gasteiger partial charge on any atom is -0.453 e. The Balaban J connectivity index is 1.06. The molecule has 2 saturated heterocycles. The van der Waals surface area contributed by atoms with E-state index in [1.807, 2.05) is 111 Å². The van der Waals surface area contributed by atoms with Crippen molar-refractivity contribution in [3.8, 4) is 22.8 Å². The average Bonchev–Trinajstić information content (AvgIpc) is 4.04. The van der Waals surface area contributed by atoms with E-state index in [0.29, 0.717) is 48.8 Å². The van der Waals surface area contributed by atoms with Crippen molar-refractivity contribution in [3.05, 3.63) is 89.9 Å². The van der Waals surface area contributed by atoms with Crippen LogP contribution in [-0.2, 0) is 19.1 Å². The molecule has 0 radical (unpaired) electrons. The molecule has 4 heterocycles. The number of hydrogen-bond donors (Lipinski definition) is 3. The average molecular weight is 775 g/mol. The fourth-order valence-corrected chi connectivity index (χ4v) is 7.94. The van der Waals surface area contributed by atoms with Gasteiger partial charge in [-0.1, -0.05) is 50.2 Å². The van der Waals surface area contributed by atoms with Crippen molar-refractivity contribution in [2.24, 2.45) is 5.92 Å². The highest BCUT2D eigenvalue weighted by Crippen LogP contribution is 2.36. The van der Waals surface area contributed by atoms with E-state index in [9.17, 15) is 19.2 Å². The third-order valence-corrected chi connectivity index (χ3v) is 11.0. The lowest BCUT2D eigenvalue weighted by atomic mass is 10.0. The molecule has 0 aliphatic carbocycles. The second-order valence-corrected chi connectivity index (χ2v) is 15.4. The Bertz CT molecular complexity index is 2270. The molecule has 4 atom stereocenters. The number of benzene rings is 3. The molecular formula is C43H50N8O6. The summed E-state index contributed by atoms with van der Waals surface area (Å²) in [7, 11) is 5.11. The summed E-state index contributed by atoms with van der Waals surface area (Å²) in [5.41, 5.74) is 5.47. The molecule has 2 aromatic heterocycles. The predicted octanol–water partition coefficient (Wildman–Crippen LogP) is 6.47. The summed E-state index contributed by atoms with van der Waals surface area (Å²) < 4.78 is 11.0. The summed E-state index contributed by atoms with van der Waals surface area (Å²) in [6.07, 6.45) is 3.87. The van der Waals surface area contributed by atoms with Crippen LogP contribution in [0.4, 0.5) is 10.5 Å². The second kappa shape index (κ2) is 16.6. The summed E-state index contributed by atoms with van der Waals surface area (Å²) in [4.78, 5) is 71.6. The number of carbonyl (C=O) groups is 4. The van der Waals surface area contributed by atoms with E-state index < -0.39 is 24.2 Å². The number of H-pyrrole nitrogens is 1. The van der Waals surface area contributed by atoms with Crippen LogP contribution in [0.3, 0.4) is 0 Å². The Morgan fingerprint density at radius 1 is 0.930 bits per heavy atom. The first-order valence-corrected chi connectivity index (χ1v) is 19.5. The number of imidazole rings is 1. The molecule has 2 fully saturated rings. The molecular weight excluding hydrogens is 725 g/mol. The van der Waals surface area contributed by atoms with Crippen LogP contribution in [0.15, 0.2) is 77.3 Å². The van der Waals surface area contributed by atoms with Crippen LogP contribution in [-0.4, -0.2) is 99.8 Å². The van der Waals surface area contributed by atoms with E-state index in [0.717, 1.165) is 46.4 Å². The van der Waals surface area contributed by atoms with Crippen molar-refractivity contribution in [3.63, 3.8) is 0 Å². The normalized spacial score (nSPS) is 18.0. The standard InChI is InChI=1S/C43H50N8O6/c1-25(2)36(48-43(55)56-6)41(53)51-21-11-15-34(51)39(52)47-31-23-29(17-16-26(31)3)40-44-24-35(57-40)28-18-19-30-32(22-28)46-38(45-30)33-14-10-20-50(33)42(54)37(49(4)5)27-12-8-7-9-13-27/h7-9,12-13,16-19,22-25,33-34,36-37H,10-11,14-15,20-21H2,1-6H3,(H,45,46)(H,47,52)(H,48,55). The van der Waals surface area contributed by atoms with Gasteiger partial charge in [0.1, 0.15) is 23.9 Å². The van der Waals surface area contributed by atoms with E-state index in [1.54, 1.807) is 11.1 Å². The van der Waals surface area contributed by atoms with Gasteiger partial charge in [-0.15, -0.1) is 0 Å². The highest BCUT2D eigenvalue weighted by molar-refractivity contribution is 5.99. The number of carbonyl (C=O) groups excluding carboxylic acids is 4. The summed E-state index contributed by atoms with van der Waals surface area (Å²) >= 11 is 0. The van der Waals surface area contributed by atoms with Crippen molar-refractivity contribution in [1.29, 1.82) is 0 Å². The SMILES string of the molecule is COC(=O)NC(C(=O)N1CCCC1C(=O)Nc1cc(-c2ncc(-c3ccc4nc(C5CCCN5C(=O)C(c5ccccc5)N(C)C)[nH]c4c3)o2)ccc1C)C(C)C. The van der Waals surface area contributed by atoms with Gasteiger partial charge in [0.05, 0.1) is 30.4 Å². The fraction of sp³-hybridized carbons (Fsp3) is 0.395. The minimum atomic E-state index is -0.819. The smallest absolute Gasteiger partial charge is 0.407 e. The number of ether oxygens (including phenoxy) is 1. The highest BCUT2D eigenvalue weighted by Gasteiger charge is 2.40. The van der Waals surface area contributed by atoms with Gasteiger partial charge in [0.2, 0.25) is 23.6 Å². The van der Waals surface area contributed by atoms with Crippen molar-refractivity contribution in [2.45, 2.75) is 70.6 Å². The lowest BCUT2D eigenvalue weighted by Crippen LogP contribution is -2.54. The predicted molar refractivity (Wildman–Crippen MR) is 216 cm³/mol. The van der Waals surface area contributed by atoms with Crippen LogP contribution in [0.25, 0.3) is 33.8 Å². The zero-order chi connectivity index (χ0) is 40.4. The van der Waals surface area contributed by atoms with Crippen LogP contribution in [0, 0.1) is 12.8 Å². The number of alkyl carbamates (subject to hydrolysis) is 1. The molecule has 5 aromatic rings. The van der Waals surface area contributed by atoms with Crippen LogP contribution in [0.5, 0.6) is 0 Å². The lowest BCUT2D eigenvalue weighted by Gasteiger charge is -2.31. The van der Waals surface area contributed by atoms with Gasteiger partial charge in [0, 0.05) is 29.9 Å². The maximum absolute atomic E-state index is 14.0. The van der Waals surface area contributed by atoms with E-state index in [2.05, 4.69) is 20.6 Å². The van der Waals surface area contributed by atoms with Crippen LogP contribution >= 0.6 is 0 Å². The maximum Gasteiger partial charge on any atom is 0.407 e. The van der Waals surface area contributed by atoms with Gasteiger partial charge in [-0.05, 0) is 94.1 Å². The molecule has 0 saturated carbocycles. The Kier molecular flexibility index (Phi) is 11.4. The molecule has 14 nitrogen and oxygen atoms in total. The van der Waals surface area contributed by atoms with E-state index in [-0.39, 0.29) is 29.7 Å². The monoisotopic (exact) mass is 774 g/mol. The van der Waals surface area contributed by atoms with E-state index in [1.165, 1.54) is 7.11 Å².